The van der Waals surface area contributed by atoms with Crippen molar-refractivity contribution in [2.24, 2.45) is 0 Å². The number of ether oxygens (including phenoxy) is 1. The van der Waals surface area contributed by atoms with Gasteiger partial charge in [0.15, 0.2) is 0 Å². The number of piperazine rings is 1. The molecule has 1 fully saturated rings. The maximum absolute atomic E-state index is 12.8. The summed E-state index contributed by atoms with van der Waals surface area (Å²) in [6.45, 7) is 0.763. The molecule has 1 aliphatic heterocycles. The number of carbonyl (C=O) groups excluding carboxylic acids is 1. The first kappa shape index (κ1) is 23.4. The molecular formula is C24H26F2N6O2. The number of aromatic nitrogens is 2. The van der Waals surface area contributed by atoms with E-state index in [2.05, 4.69) is 35.6 Å². The predicted molar refractivity (Wildman–Crippen MR) is 126 cm³/mol. The largest absolute Gasteiger partial charge is 0.434 e. The van der Waals surface area contributed by atoms with Crippen molar-refractivity contribution in [2.45, 2.75) is 13.2 Å². The van der Waals surface area contributed by atoms with E-state index in [9.17, 15) is 13.6 Å². The third-order valence-electron chi connectivity index (χ3n) is 5.52. The van der Waals surface area contributed by atoms with Gasteiger partial charge in [0.2, 0.25) is 5.95 Å². The SMILES string of the molecule is CNC(=O)c1ccc(-c2cnc(N3CCNCC3)nc2)cc1NCc1ccccc1OC(F)F. The van der Waals surface area contributed by atoms with Crippen LogP contribution in [0.15, 0.2) is 54.9 Å². The number of nitrogens with zero attached hydrogens (tertiary/aromatic N) is 3. The lowest BCUT2D eigenvalue weighted by molar-refractivity contribution is -0.0504. The molecule has 3 aromatic rings. The highest BCUT2D eigenvalue weighted by atomic mass is 19.3. The number of para-hydroxylation sites is 1. The van der Waals surface area contributed by atoms with Crippen LogP contribution in [-0.4, -0.2) is 55.7 Å². The van der Waals surface area contributed by atoms with Gasteiger partial charge in [0, 0.05) is 69.0 Å². The standard InChI is InChI=1S/C24H26F2N6O2/c1-27-22(33)19-7-6-16(18-14-30-24(31-15-18)32-10-8-28-9-11-32)12-20(19)29-13-17-4-2-3-5-21(17)34-23(25)26/h2-7,12,14-15,23,28-29H,8-11,13H2,1H3,(H,27,33). The smallest absolute Gasteiger partial charge is 0.387 e. The molecule has 0 radical (unpaired) electrons. The van der Waals surface area contributed by atoms with Crippen LogP contribution in [0.25, 0.3) is 11.1 Å². The molecule has 8 nitrogen and oxygen atoms in total. The fraction of sp³-hybridized carbons (Fsp3) is 0.292. The Balaban J connectivity index is 1.58. The van der Waals surface area contributed by atoms with Crippen LogP contribution >= 0.6 is 0 Å². The van der Waals surface area contributed by atoms with Gasteiger partial charge < -0.3 is 25.6 Å². The molecule has 0 unspecified atom stereocenters. The zero-order valence-electron chi connectivity index (χ0n) is 18.7. The zero-order valence-corrected chi connectivity index (χ0v) is 18.7. The molecule has 1 saturated heterocycles. The van der Waals surface area contributed by atoms with Gasteiger partial charge >= 0.3 is 6.61 Å². The van der Waals surface area contributed by atoms with E-state index >= 15 is 0 Å². The Morgan fingerprint density at radius 2 is 1.85 bits per heavy atom. The molecule has 0 spiro atoms. The van der Waals surface area contributed by atoms with Crippen LogP contribution in [0.3, 0.4) is 0 Å². The number of amides is 1. The Hall–Kier alpha value is -3.79. The van der Waals surface area contributed by atoms with Gasteiger partial charge in [-0.3, -0.25) is 4.79 Å². The molecule has 2 heterocycles. The van der Waals surface area contributed by atoms with E-state index in [1.54, 1.807) is 43.7 Å². The van der Waals surface area contributed by atoms with Crippen molar-refractivity contribution in [1.29, 1.82) is 0 Å². The molecule has 4 rings (SSSR count). The summed E-state index contributed by atoms with van der Waals surface area (Å²) in [6.07, 6.45) is 3.52. The summed E-state index contributed by atoms with van der Waals surface area (Å²) in [4.78, 5) is 23.6. The summed E-state index contributed by atoms with van der Waals surface area (Å²) < 4.78 is 30.1. The molecule has 3 N–H and O–H groups in total. The molecule has 2 aromatic carbocycles. The van der Waals surface area contributed by atoms with Crippen LogP contribution in [0, 0.1) is 0 Å². The second-order valence-corrected chi connectivity index (χ2v) is 7.69. The third-order valence-corrected chi connectivity index (χ3v) is 5.52. The number of anilines is 2. The molecule has 0 atom stereocenters. The monoisotopic (exact) mass is 468 g/mol. The summed E-state index contributed by atoms with van der Waals surface area (Å²) >= 11 is 0. The lowest BCUT2D eigenvalue weighted by Gasteiger charge is -2.27. The number of nitrogens with one attached hydrogen (secondary N) is 3. The van der Waals surface area contributed by atoms with E-state index in [1.807, 2.05) is 12.1 Å². The van der Waals surface area contributed by atoms with Gasteiger partial charge in [0.05, 0.1) is 5.56 Å². The van der Waals surface area contributed by atoms with Gasteiger partial charge in [0.1, 0.15) is 5.75 Å². The molecule has 10 heteroatoms. The molecular weight excluding hydrogens is 442 g/mol. The Morgan fingerprint density at radius 1 is 1.12 bits per heavy atom. The molecule has 1 aliphatic rings. The van der Waals surface area contributed by atoms with Crippen molar-refractivity contribution >= 4 is 17.5 Å². The van der Waals surface area contributed by atoms with Crippen molar-refractivity contribution in [3.8, 4) is 16.9 Å². The summed E-state index contributed by atoms with van der Waals surface area (Å²) in [5.74, 6) is 0.497. The first-order valence-corrected chi connectivity index (χ1v) is 11.0. The number of halogens is 2. The highest BCUT2D eigenvalue weighted by Gasteiger charge is 2.16. The number of hydrogen-bond acceptors (Lipinski definition) is 7. The lowest BCUT2D eigenvalue weighted by Crippen LogP contribution is -2.44. The third kappa shape index (κ3) is 5.57. The molecule has 1 aromatic heterocycles. The van der Waals surface area contributed by atoms with Crippen molar-refractivity contribution in [3.05, 3.63) is 66.0 Å². The van der Waals surface area contributed by atoms with E-state index in [0.29, 0.717) is 22.8 Å². The average Bonchev–Trinajstić information content (AvgIpc) is 2.88. The number of hydrogen-bond donors (Lipinski definition) is 3. The second-order valence-electron chi connectivity index (χ2n) is 7.69. The van der Waals surface area contributed by atoms with Crippen LogP contribution < -0.4 is 25.6 Å². The van der Waals surface area contributed by atoms with Gasteiger partial charge in [-0.15, -0.1) is 0 Å². The van der Waals surface area contributed by atoms with E-state index in [0.717, 1.165) is 37.3 Å². The number of alkyl halides is 2. The second kappa shape index (κ2) is 10.9. The summed E-state index contributed by atoms with van der Waals surface area (Å²) in [7, 11) is 1.55. The van der Waals surface area contributed by atoms with Gasteiger partial charge in [-0.05, 0) is 23.8 Å². The lowest BCUT2D eigenvalue weighted by atomic mass is 10.0. The topological polar surface area (TPSA) is 91.4 Å². The molecule has 0 bridgehead atoms. The van der Waals surface area contributed by atoms with Crippen LogP contribution in [0.4, 0.5) is 20.4 Å². The first-order chi connectivity index (χ1) is 16.5. The minimum atomic E-state index is -2.92. The van der Waals surface area contributed by atoms with Crippen LogP contribution in [0.5, 0.6) is 5.75 Å². The maximum Gasteiger partial charge on any atom is 0.387 e. The highest BCUT2D eigenvalue weighted by Crippen LogP contribution is 2.28. The molecule has 34 heavy (non-hydrogen) atoms. The Morgan fingerprint density at radius 3 is 2.56 bits per heavy atom. The van der Waals surface area contributed by atoms with E-state index < -0.39 is 6.61 Å². The fourth-order valence-corrected chi connectivity index (χ4v) is 3.75. The maximum atomic E-state index is 12.8. The Labute approximate surface area is 196 Å². The predicted octanol–water partition coefficient (Wildman–Crippen LogP) is 3.13. The molecule has 0 saturated carbocycles. The van der Waals surface area contributed by atoms with Gasteiger partial charge in [-0.2, -0.15) is 8.78 Å². The van der Waals surface area contributed by atoms with Crippen LogP contribution in [0.2, 0.25) is 0 Å². The van der Waals surface area contributed by atoms with Gasteiger partial charge in [-0.1, -0.05) is 24.3 Å². The fourth-order valence-electron chi connectivity index (χ4n) is 3.75. The Kier molecular flexibility index (Phi) is 7.48. The van der Waals surface area contributed by atoms with E-state index in [-0.39, 0.29) is 18.2 Å². The van der Waals surface area contributed by atoms with Gasteiger partial charge in [0.25, 0.3) is 5.91 Å². The zero-order chi connectivity index (χ0) is 23.9. The van der Waals surface area contributed by atoms with Crippen molar-refractivity contribution in [3.63, 3.8) is 0 Å². The molecule has 178 valence electrons. The summed E-state index contributed by atoms with van der Waals surface area (Å²) in [5, 5.41) is 9.11. The normalized spacial score (nSPS) is 13.6. The average molecular weight is 469 g/mol. The first-order valence-electron chi connectivity index (χ1n) is 11.0. The molecule has 0 aliphatic carbocycles. The van der Waals surface area contributed by atoms with Crippen molar-refractivity contribution in [2.75, 3.05) is 43.4 Å². The van der Waals surface area contributed by atoms with Crippen molar-refractivity contribution < 1.29 is 18.3 Å². The minimum absolute atomic E-state index is 0.0829. The van der Waals surface area contributed by atoms with Crippen LogP contribution in [0.1, 0.15) is 15.9 Å². The van der Waals surface area contributed by atoms with E-state index in [1.165, 1.54) is 6.07 Å². The highest BCUT2D eigenvalue weighted by molar-refractivity contribution is 6.00. The van der Waals surface area contributed by atoms with E-state index in [4.69, 9.17) is 0 Å². The number of benzene rings is 2. The quantitative estimate of drug-likeness (QED) is 0.468. The van der Waals surface area contributed by atoms with Gasteiger partial charge in [-0.25, -0.2) is 9.97 Å². The number of carbonyl (C=O) groups is 1. The number of rotatable bonds is 8. The summed E-state index contributed by atoms with van der Waals surface area (Å²) in [5.41, 5.74) is 3.14. The Bertz CT molecular complexity index is 1120. The molecule has 1 amide bonds. The van der Waals surface area contributed by atoms with Crippen LogP contribution in [-0.2, 0) is 6.54 Å². The van der Waals surface area contributed by atoms with Crippen molar-refractivity contribution in [1.82, 2.24) is 20.6 Å². The minimum Gasteiger partial charge on any atom is -0.434 e. The summed E-state index contributed by atoms with van der Waals surface area (Å²) in [6, 6.07) is 11.9.